The second-order valence-electron chi connectivity index (χ2n) is 7.43. The molecular formula is C19H31NO5. The maximum Gasteiger partial charge on any atom is 0.408 e. The number of hydrogen-bond donors (Lipinski definition) is 1. The van der Waals surface area contributed by atoms with Gasteiger partial charge in [0.25, 0.3) is 0 Å². The summed E-state index contributed by atoms with van der Waals surface area (Å²) in [5.41, 5.74) is -0.718. The summed E-state index contributed by atoms with van der Waals surface area (Å²) in [4.78, 5) is 24.0. The maximum atomic E-state index is 12.2. The van der Waals surface area contributed by atoms with E-state index in [1.165, 1.54) is 0 Å². The second kappa shape index (κ2) is 9.34. The van der Waals surface area contributed by atoms with Crippen LogP contribution in [0.1, 0.15) is 62.0 Å². The zero-order valence-corrected chi connectivity index (χ0v) is 15.4. The Morgan fingerprint density at radius 1 is 1.40 bits per heavy atom. The number of ether oxygens (including phenoxy) is 3. The molecule has 2 rings (SSSR count). The van der Waals surface area contributed by atoms with Crippen molar-refractivity contribution >= 4 is 12.4 Å². The van der Waals surface area contributed by atoms with Gasteiger partial charge in [-0.25, -0.2) is 4.79 Å². The van der Waals surface area contributed by atoms with Crippen LogP contribution in [-0.2, 0) is 19.0 Å². The summed E-state index contributed by atoms with van der Waals surface area (Å²) in [6.45, 7) is 5.73. The molecule has 1 fully saturated rings. The van der Waals surface area contributed by atoms with Crippen LogP contribution in [0, 0.1) is 5.89 Å². The SMILES string of the molecule is [2H]C1=CCCC[C@]1([2H])[C@H](OC1CCCCO1)[C@H](C=O)NC(=O)OC(C)(C)C. The fraction of sp³-hybridized carbons (Fsp3) is 0.789. The van der Waals surface area contributed by atoms with Crippen LogP contribution in [0.2, 0.25) is 0 Å². The van der Waals surface area contributed by atoms with E-state index in [0.29, 0.717) is 25.7 Å². The van der Waals surface area contributed by atoms with Crippen molar-refractivity contribution in [3.05, 3.63) is 12.1 Å². The molecule has 1 amide bonds. The Kier molecular flexibility index (Phi) is 6.36. The van der Waals surface area contributed by atoms with E-state index in [1.807, 2.05) is 0 Å². The third-order valence-electron chi connectivity index (χ3n) is 4.02. The lowest BCUT2D eigenvalue weighted by Crippen LogP contribution is -2.51. The van der Waals surface area contributed by atoms with Gasteiger partial charge in [-0.1, -0.05) is 12.1 Å². The van der Waals surface area contributed by atoms with Crippen LogP contribution in [0.3, 0.4) is 0 Å². The molecule has 1 aliphatic heterocycles. The predicted octanol–water partition coefficient (Wildman–Crippen LogP) is 3.35. The molecule has 0 aromatic carbocycles. The van der Waals surface area contributed by atoms with Crippen molar-refractivity contribution in [2.45, 2.75) is 83.3 Å². The van der Waals surface area contributed by atoms with Crippen molar-refractivity contribution in [1.29, 1.82) is 0 Å². The highest BCUT2D eigenvalue weighted by atomic mass is 16.7. The number of aldehydes is 1. The monoisotopic (exact) mass is 355 g/mol. The molecule has 0 saturated carbocycles. The van der Waals surface area contributed by atoms with Crippen molar-refractivity contribution in [3.8, 4) is 0 Å². The number of carbonyl (C=O) groups is 2. The number of amides is 1. The predicted molar refractivity (Wildman–Crippen MR) is 94.2 cm³/mol. The van der Waals surface area contributed by atoms with E-state index in [9.17, 15) is 9.59 Å². The highest BCUT2D eigenvalue weighted by Crippen LogP contribution is 2.27. The van der Waals surface area contributed by atoms with Gasteiger partial charge in [0.05, 0.1) is 7.47 Å². The van der Waals surface area contributed by atoms with Gasteiger partial charge in [-0.3, -0.25) is 0 Å². The van der Waals surface area contributed by atoms with Crippen LogP contribution in [0.4, 0.5) is 4.79 Å². The number of nitrogens with one attached hydrogen (secondary N) is 1. The average molecular weight is 355 g/mol. The van der Waals surface area contributed by atoms with E-state index in [0.717, 1.165) is 25.7 Å². The molecule has 1 N–H and O–H groups in total. The first-order valence-electron chi connectivity index (χ1n) is 10.0. The molecule has 6 nitrogen and oxygen atoms in total. The van der Waals surface area contributed by atoms with Gasteiger partial charge in [-0.05, 0) is 59.3 Å². The van der Waals surface area contributed by atoms with Gasteiger partial charge in [0.15, 0.2) is 6.29 Å². The number of hydrogen-bond acceptors (Lipinski definition) is 5. The molecular weight excluding hydrogens is 322 g/mol. The van der Waals surface area contributed by atoms with E-state index in [1.54, 1.807) is 26.8 Å². The Hall–Kier alpha value is -1.40. The second-order valence-corrected chi connectivity index (χ2v) is 7.43. The molecule has 0 aromatic heterocycles. The summed E-state index contributed by atoms with van der Waals surface area (Å²) in [5.74, 6) is -1.43. The lowest BCUT2D eigenvalue weighted by Gasteiger charge is -2.35. The first kappa shape index (κ1) is 17.0. The van der Waals surface area contributed by atoms with Crippen molar-refractivity contribution in [2.24, 2.45) is 5.89 Å². The zero-order valence-electron chi connectivity index (χ0n) is 17.4. The van der Waals surface area contributed by atoms with Crippen LogP contribution in [0.5, 0.6) is 0 Å². The zero-order chi connectivity index (χ0) is 20.1. The highest BCUT2D eigenvalue weighted by molar-refractivity contribution is 5.74. The fourth-order valence-electron chi connectivity index (χ4n) is 2.88. The van der Waals surface area contributed by atoms with Crippen molar-refractivity contribution in [1.82, 2.24) is 5.32 Å². The molecule has 1 unspecified atom stereocenters. The summed E-state index contributed by atoms with van der Waals surface area (Å²) >= 11 is 0. The largest absolute Gasteiger partial charge is 0.444 e. The van der Waals surface area contributed by atoms with Crippen LogP contribution >= 0.6 is 0 Å². The van der Waals surface area contributed by atoms with Crippen molar-refractivity contribution < 1.29 is 26.5 Å². The molecule has 0 radical (unpaired) electrons. The topological polar surface area (TPSA) is 73.9 Å². The van der Waals surface area contributed by atoms with E-state index in [4.69, 9.17) is 17.0 Å². The molecule has 25 heavy (non-hydrogen) atoms. The van der Waals surface area contributed by atoms with Gasteiger partial charge in [0.2, 0.25) is 0 Å². The lowest BCUT2D eigenvalue weighted by atomic mass is 9.87. The normalized spacial score (nSPS) is 31.0. The quantitative estimate of drug-likeness (QED) is 0.584. The molecule has 1 saturated heterocycles. The first-order chi connectivity index (χ1) is 12.7. The molecule has 0 aromatic rings. The highest BCUT2D eigenvalue weighted by Gasteiger charge is 2.34. The molecule has 142 valence electrons. The summed E-state index contributed by atoms with van der Waals surface area (Å²) in [6.07, 6.45) is 4.23. The Morgan fingerprint density at radius 3 is 2.80 bits per heavy atom. The van der Waals surface area contributed by atoms with Crippen LogP contribution in [0.15, 0.2) is 12.1 Å². The number of alkyl carbamates (subject to hydrolysis) is 1. The fourth-order valence-corrected chi connectivity index (χ4v) is 2.88. The molecule has 1 heterocycles. The average Bonchev–Trinajstić information content (AvgIpc) is 2.60. The molecule has 4 atom stereocenters. The van der Waals surface area contributed by atoms with E-state index in [-0.39, 0.29) is 6.05 Å². The van der Waals surface area contributed by atoms with Crippen LogP contribution in [-0.4, -0.2) is 43.0 Å². The standard InChI is InChI=1S/C19H31NO5/c1-19(2,3)25-18(22)20-15(13-21)17(14-9-5-4-6-10-14)24-16-11-7-8-12-23-16/h5,9,13-17H,4,6-8,10-12H2,1-3H3,(H,20,22)/t14-,15+,16?,17+/m1/s1/i9D,14D. The van der Waals surface area contributed by atoms with Gasteiger partial charge in [0.1, 0.15) is 17.9 Å². The number of allylic oxidation sites excluding steroid dienone is 1. The number of rotatable bonds is 6. The lowest BCUT2D eigenvalue weighted by molar-refractivity contribution is -0.200. The minimum Gasteiger partial charge on any atom is -0.444 e. The summed E-state index contributed by atoms with van der Waals surface area (Å²) in [5, 5.41) is 2.52. The van der Waals surface area contributed by atoms with Gasteiger partial charge in [-0.15, -0.1) is 0 Å². The third-order valence-corrected chi connectivity index (χ3v) is 4.02. The van der Waals surface area contributed by atoms with Gasteiger partial charge >= 0.3 is 6.09 Å². The molecule has 2 aliphatic rings. The third kappa shape index (κ3) is 6.78. The van der Waals surface area contributed by atoms with Crippen LogP contribution < -0.4 is 5.32 Å². The first-order valence-corrected chi connectivity index (χ1v) is 9.05. The van der Waals surface area contributed by atoms with Crippen molar-refractivity contribution in [3.63, 3.8) is 0 Å². The minimum absolute atomic E-state index is 0.104. The Labute approximate surface area is 153 Å². The molecule has 1 aliphatic carbocycles. The van der Waals surface area contributed by atoms with Crippen molar-refractivity contribution in [2.75, 3.05) is 6.61 Å². The van der Waals surface area contributed by atoms with E-state index < -0.39 is 36.0 Å². The van der Waals surface area contributed by atoms with E-state index in [2.05, 4.69) is 5.32 Å². The Morgan fingerprint density at radius 2 is 2.20 bits per heavy atom. The van der Waals surface area contributed by atoms with E-state index >= 15 is 0 Å². The maximum absolute atomic E-state index is 12.2. The molecule has 0 spiro atoms. The van der Waals surface area contributed by atoms with Gasteiger partial charge in [0, 0.05) is 13.9 Å². The summed E-state index contributed by atoms with van der Waals surface area (Å²) < 4.78 is 34.0. The van der Waals surface area contributed by atoms with Crippen LogP contribution in [0.25, 0.3) is 0 Å². The Bertz CT molecular complexity index is 557. The summed E-state index contributed by atoms with van der Waals surface area (Å²) in [6, 6.07) is -1.01. The summed E-state index contributed by atoms with van der Waals surface area (Å²) in [7, 11) is 0. The van der Waals surface area contributed by atoms with Gasteiger partial charge < -0.3 is 24.3 Å². The van der Waals surface area contributed by atoms with Gasteiger partial charge in [-0.2, -0.15) is 0 Å². The molecule has 6 heteroatoms. The Balaban J connectivity index is 2.23. The smallest absolute Gasteiger partial charge is 0.408 e. The minimum atomic E-state index is -1.43. The molecule has 0 bridgehead atoms. The number of carbonyl (C=O) groups excluding carboxylic acids is 2.